The zero-order valence-electron chi connectivity index (χ0n) is 21.5. The molecule has 1 aliphatic heterocycles. The molecule has 37 heavy (non-hydrogen) atoms. The van der Waals surface area contributed by atoms with E-state index in [1.165, 1.54) is 6.92 Å². The van der Waals surface area contributed by atoms with E-state index in [2.05, 4.69) is 0 Å². The van der Waals surface area contributed by atoms with Gasteiger partial charge < -0.3 is 40.1 Å². The average Bonchev–Trinajstić information content (AvgIpc) is 2.83. The van der Waals surface area contributed by atoms with Crippen LogP contribution in [-0.2, 0) is 9.47 Å². The fourth-order valence-electron chi connectivity index (χ4n) is 7.49. The van der Waals surface area contributed by atoms with Crippen LogP contribution in [0, 0.1) is 60.8 Å². The molecule has 0 amide bonds. The van der Waals surface area contributed by atoms with Crippen LogP contribution >= 0.6 is 0 Å². The van der Waals surface area contributed by atoms with E-state index in [1.54, 1.807) is 51.1 Å². The van der Waals surface area contributed by atoms with Gasteiger partial charge in [0.2, 0.25) is 0 Å². The van der Waals surface area contributed by atoms with Crippen LogP contribution in [0.1, 0.15) is 50.9 Å². The molecule has 1 heterocycles. The van der Waals surface area contributed by atoms with Gasteiger partial charge in [-0.25, -0.2) is 4.79 Å². The number of carbonyl (C=O) groups is 1. The van der Waals surface area contributed by atoms with E-state index in [1.807, 2.05) is 0 Å². The minimum atomic E-state index is -1.98. The Morgan fingerprint density at radius 3 is 2.24 bits per heavy atom. The summed E-state index contributed by atoms with van der Waals surface area (Å²) >= 11 is 0. The number of rotatable bonds is 2. The molecule has 1 aromatic rings. The van der Waals surface area contributed by atoms with Crippen molar-refractivity contribution < 1.29 is 89.0 Å². The molecule has 6 N–H and O–H groups in total. The van der Waals surface area contributed by atoms with Crippen LogP contribution < -0.4 is 0 Å². The number of hydrogen-bond donors (Lipinski definition) is 6. The molecule has 3 aliphatic carbocycles. The number of esters is 1. The summed E-state index contributed by atoms with van der Waals surface area (Å²) in [5, 5.41) is 69.8. The monoisotopic (exact) mass is 731 g/mol. The zero-order chi connectivity index (χ0) is 26.4. The number of carbonyl (C=O) groups excluding carboxylic acids is 1. The Morgan fingerprint density at radius 1 is 1.05 bits per heavy atom. The summed E-state index contributed by atoms with van der Waals surface area (Å²) in [6, 6.07) is 8.19. The first-order chi connectivity index (χ1) is 16.7. The van der Waals surface area contributed by atoms with Crippen molar-refractivity contribution in [2.24, 2.45) is 16.7 Å². The van der Waals surface area contributed by atoms with Crippen LogP contribution in [0.3, 0.4) is 0 Å². The summed E-state index contributed by atoms with van der Waals surface area (Å²) in [6.07, 6.45) is -8.16. The fraction of sp³-hybridized carbons (Fsp3) is 0.667. The Labute approximate surface area is 252 Å². The molecule has 4 aliphatic rings. The smallest absolute Gasteiger partial charge is 0.338 e. The Balaban J connectivity index is 0.00000320. The Morgan fingerprint density at radius 2 is 1.68 bits per heavy atom. The molecule has 5 rings (SSSR count). The quantitative estimate of drug-likeness (QED) is 0.186. The van der Waals surface area contributed by atoms with Crippen molar-refractivity contribution in [3.63, 3.8) is 0 Å². The minimum absolute atomic E-state index is 0. The molecule has 10 heteroatoms. The second-order valence-corrected chi connectivity index (χ2v) is 11.8. The van der Waals surface area contributed by atoms with Crippen molar-refractivity contribution in [2.45, 2.75) is 88.4 Å². The van der Waals surface area contributed by atoms with Crippen molar-refractivity contribution >= 4 is 5.97 Å². The molecule has 9 nitrogen and oxygen atoms in total. The summed E-state index contributed by atoms with van der Waals surface area (Å²) in [5.74, 6) is -1.99. The van der Waals surface area contributed by atoms with Gasteiger partial charge in [0.05, 0.1) is 36.6 Å². The number of hydrogen-bond acceptors (Lipinski definition) is 9. The number of aliphatic hydroxyl groups is 6. The van der Waals surface area contributed by atoms with Gasteiger partial charge in [0.15, 0.2) is 0 Å². The second kappa shape index (κ2) is 9.60. The molecule has 10 atom stereocenters. The van der Waals surface area contributed by atoms with Crippen molar-refractivity contribution in [2.75, 3.05) is 6.61 Å². The van der Waals surface area contributed by atoms with E-state index in [4.69, 9.17) is 9.47 Å². The number of ether oxygens (including phenoxy) is 2. The van der Waals surface area contributed by atoms with Crippen LogP contribution in [-0.4, -0.2) is 91.0 Å². The maximum atomic E-state index is 13.4. The largest absolute Gasteiger partial charge is 0.455 e. The third kappa shape index (κ3) is 3.89. The Bertz CT molecular complexity index is 1090. The first-order valence-corrected chi connectivity index (χ1v) is 12.5. The molecular formula is C27H36AcO9. The second-order valence-electron chi connectivity index (χ2n) is 11.8. The normalized spacial score (nSPS) is 46.3. The number of fused-ring (bicyclic) bond motifs is 5. The molecule has 1 saturated heterocycles. The van der Waals surface area contributed by atoms with Gasteiger partial charge in [-0.15, -0.1) is 0 Å². The van der Waals surface area contributed by atoms with Gasteiger partial charge in [-0.1, -0.05) is 39.0 Å². The van der Waals surface area contributed by atoms with E-state index in [9.17, 15) is 35.4 Å². The third-order valence-electron chi connectivity index (χ3n) is 9.87. The van der Waals surface area contributed by atoms with Crippen LogP contribution in [0.15, 0.2) is 41.5 Å². The topological polar surface area (TPSA) is 157 Å². The van der Waals surface area contributed by atoms with Crippen molar-refractivity contribution in [1.29, 1.82) is 0 Å². The van der Waals surface area contributed by atoms with E-state index < -0.39 is 70.5 Å². The van der Waals surface area contributed by atoms with E-state index in [-0.39, 0.29) is 74.6 Å². The average molecular weight is 732 g/mol. The molecule has 0 spiro atoms. The number of aliphatic hydroxyl groups excluding tert-OH is 4. The standard InChI is InChI=1S/C27H36O9.Ac/c1-13-15(28)11-27(34)22(36-23(32)14-8-6-5-7-9-14)20-25(4,16(29)10-17-26(20,33)12-35-17)21(31)19(30)18(13)24(27,2)3;/h5-9,15-17,19-22,28-31,33-34H,10-12H2,1-4H3;/t15?,16?,17?,19?,20?,21?,22?,25-,26+,27?;/m1./s1. The van der Waals surface area contributed by atoms with Gasteiger partial charge >= 0.3 is 5.97 Å². The maximum Gasteiger partial charge on any atom is 0.338 e. The molecule has 8 unspecified atom stereocenters. The van der Waals surface area contributed by atoms with Gasteiger partial charge in [-0.05, 0) is 30.2 Å². The molecule has 1 radical (unpaired) electrons. The van der Waals surface area contributed by atoms with Gasteiger partial charge in [0.1, 0.15) is 23.4 Å². The first kappa shape index (κ1) is 29.6. The van der Waals surface area contributed by atoms with E-state index in [0.29, 0.717) is 5.57 Å². The van der Waals surface area contributed by atoms with Crippen LogP contribution in [0.2, 0.25) is 0 Å². The van der Waals surface area contributed by atoms with E-state index in [0.717, 1.165) is 0 Å². The predicted octanol–water partition coefficient (Wildman–Crippen LogP) is 0.303. The molecule has 0 aromatic heterocycles. The van der Waals surface area contributed by atoms with Gasteiger partial charge in [0.25, 0.3) is 0 Å². The SMILES string of the molecule is CC1=C2C(O)C(O)[C@]3(C)C(O)CC4OC[C@@]4(O)C3C(OC(=O)c3ccccc3)C(O)(CC1O)C2(C)C.[Ac]. The fourth-order valence-corrected chi connectivity index (χ4v) is 7.49. The molecule has 2 bridgehead atoms. The van der Waals surface area contributed by atoms with Crippen LogP contribution in [0.5, 0.6) is 0 Å². The first-order valence-electron chi connectivity index (χ1n) is 12.5. The zero-order valence-corrected chi connectivity index (χ0v) is 26.3. The molecule has 2 saturated carbocycles. The summed E-state index contributed by atoms with van der Waals surface area (Å²) in [5.41, 5.74) is -5.70. The van der Waals surface area contributed by atoms with Crippen LogP contribution in [0.25, 0.3) is 0 Å². The van der Waals surface area contributed by atoms with Crippen LogP contribution in [0.4, 0.5) is 0 Å². The van der Waals surface area contributed by atoms with Gasteiger partial charge in [-0.2, -0.15) is 0 Å². The molecule has 1 aromatic carbocycles. The Kier molecular flexibility index (Phi) is 7.68. The summed E-state index contributed by atoms with van der Waals surface area (Å²) in [4.78, 5) is 13.4. The summed E-state index contributed by atoms with van der Waals surface area (Å²) in [7, 11) is 0. The van der Waals surface area contributed by atoms with E-state index >= 15 is 0 Å². The number of benzene rings is 1. The maximum absolute atomic E-state index is 13.4. The van der Waals surface area contributed by atoms with Crippen molar-refractivity contribution in [3.05, 3.63) is 47.0 Å². The van der Waals surface area contributed by atoms with Gasteiger partial charge in [-0.3, -0.25) is 0 Å². The Hall–Kier alpha value is -0.408. The van der Waals surface area contributed by atoms with Gasteiger partial charge in [0, 0.05) is 73.7 Å². The summed E-state index contributed by atoms with van der Waals surface area (Å²) in [6.45, 7) is 6.34. The molecule has 3 fully saturated rings. The van der Waals surface area contributed by atoms with Crippen molar-refractivity contribution in [3.8, 4) is 0 Å². The minimum Gasteiger partial charge on any atom is -0.455 e. The molecule has 201 valence electrons. The predicted molar refractivity (Wildman–Crippen MR) is 127 cm³/mol. The molecular weight excluding hydrogens is 695 g/mol. The third-order valence-corrected chi connectivity index (χ3v) is 9.87. The summed E-state index contributed by atoms with van der Waals surface area (Å²) < 4.78 is 11.6. The van der Waals surface area contributed by atoms with Crippen molar-refractivity contribution in [1.82, 2.24) is 0 Å².